The molecule has 3 heterocycles. The van der Waals surface area contributed by atoms with E-state index in [1.807, 2.05) is 44.2 Å². The summed E-state index contributed by atoms with van der Waals surface area (Å²) >= 11 is 0. The van der Waals surface area contributed by atoms with Crippen LogP contribution in [-0.4, -0.2) is 56.0 Å². The summed E-state index contributed by atoms with van der Waals surface area (Å²) in [5, 5.41) is 0. The summed E-state index contributed by atoms with van der Waals surface area (Å²) in [6.45, 7) is 7.86. The average molecular weight is 475 g/mol. The van der Waals surface area contributed by atoms with E-state index in [2.05, 4.69) is 4.90 Å². The van der Waals surface area contributed by atoms with E-state index in [0.717, 1.165) is 42.9 Å². The molecule has 2 aliphatic rings. The van der Waals surface area contributed by atoms with Gasteiger partial charge in [-0.25, -0.2) is 8.42 Å². The summed E-state index contributed by atoms with van der Waals surface area (Å²) in [6, 6.07) is 9.22. The molecule has 33 heavy (non-hydrogen) atoms. The number of anilines is 1. The zero-order valence-corrected chi connectivity index (χ0v) is 20.6. The Morgan fingerprint density at radius 2 is 1.94 bits per heavy atom. The molecule has 1 aromatic heterocycles. The lowest BCUT2D eigenvalue weighted by Gasteiger charge is -2.30. The van der Waals surface area contributed by atoms with Crippen molar-refractivity contribution in [1.29, 1.82) is 0 Å². The van der Waals surface area contributed by atoms with Crippen LogP contribution >= 0.6 is 0 Å². The highest BCUT2D eigenvalue weighted by Crippen LogP contribution is 2.27. The summed E-state index contributed by atoms with van der Waals surface area (Å²) in [6.07, 6.45) is 3.22. The lowest BCUT2D eigenvalue weighted by Crippen LogP contribution is -2.46. The first-order valence-electron chi connectivity index (χ1n) is 11.8. The van der Waals surface area contributed by atoms with Crippen LogP contribution in [0.4, 0.5) is 5.88 Å². The number of carbonyl (C=O) groups is 1. The fourth-order valence-corrected chi connectivity index (χ4v) is 6.37. The number of rotatable bonds is 7. The Hall–Kier alpha value is -2.48. The lowest BCUT2D eigenvalue weighted by atomic mass is 10.1. The van der Waals surface area contributed by atoms with Gasteiger partial charge in [0.15, 0.2) is 21.8 Å². The zero-order valence-electron chi connectivity index (χ0n) is 19.7. The van der Waals surface area contributed by atoms with Gasteiger partial charge in [-0.2, -0.15) is 0 Å². The van der Waals surface area contributed by atoms with Crippen molar-refractivity contribution >= 4 is 21.6 Å². The van der Waals surface area contributed by atoms with Crippen LogP contribution < -0.4 is 9.64 Å². The topological polar surface area (TPSA) is 80.1 Å². The normalized spacial score (nSPS) is 21.1. The third kappa shape index (κ3) is 5.54. The molecule has 0 N–H and O–H groups in total. The van der Waals surface area contributed by atoms with Crippen LogP contribution in [-0.2, 0) is 21.2 Å². The van der Waals surface area contributed by atoms with Crippen LogP contribution in [0.1, 0.15) is 49.5 Å². The first kappa shape index (κ1) is 23.7. The second-order valence-electron chi connectivity index (χ2n) is 9.27. The van der Waals surface area contributed by atoms with E-state index in [1.165, 1.54) is 6.42 Å². The molecule has 8 heteroatoms. The monoisotopic (exact) mass is 474 g/mol. The Bertz CT molecular complexity index is 1090. The second kappa shape index (κ2) is 9.79. The first-order valence-corrected chi connectivity index (χ1v) is 13.6. The van der Waals surface area contributed by atoms with Gasteiger partial charge in [0.25, 0.3) is 5.91 Å². The summed E-state index contributed by atoms with van der Waals surface area (Å²) in [4.78, 5) is 17.4. The van der Waals surface area contributed by atoms with Gasteiger partial charge in [0.1, 0.15) is 11.5 Å². The Morgan fingerprint density at radius 1 is 1.18 bits per heavy atom. The summed E-state index contributed by atoms with van der Waals surface area (Å²) in [7, 11) is -3.15. The highest BCUT2D eigenvalue weighted by atomic mass is 32.2. The molecule has 2 unspecified atom stereocenters. The van der Waals surface area contributed by atoms with Gasteiger partial charge in [0, 0.05) is 25.2 Å². The average Bonchev–Trinajstić information content (AvgIpc) is 3.41. The number of aryl methyl sites for hydroxylation is 1. The van der Waals surface area contributed by atoms with E-state index in [4.69, 9.17) is 9.15 Å². The predicted octanol–water partition coefficient (Wildman–Crippen LogP) is 3.87. The standard InChI is InChI=1S/C25H34N2O5S/c1-18-8-7-9-23(19(18)2)31-20(3)25(28)27(21-12-15-33(29,30)17-21)16-22-10-11-24(32-22)26-13-5-4-6-14-26/h7-11,20-21H,4-6,12-17H2,1-3H3. The van der Waals surface area contributed by atoms with Crippen molar-refractivity contribution in [2.45, 2.75) is 65.1 Å². The second-order valence-corrected chi connectivity index (χ2v) is 11.5. The number of carbonyl (C=O) groups excluding carboxylic acids is 1. The third-order valence-electron chi connectivity index (χ3n) is 6.78. The fraction of sp³-hybridized carbons (Fsp3) is 0.560. The molecule has 2 aliphatic heterocycles. The van der Waals surface area contributed by atoms with E-state index in [-0.39, 0.29) is 30.0 Å². The Kier molecular flexibility index (Phi) is 7.02. The number of hydrogen-bond donors (Lipinski definition) is 0. The molecule has 7 nitrogen and oxygen atoms in total. The van der Waals surface area contributed by atoms with E-state index < -0.39 is 15.9 Å². The van der Waals surface area contributed by atoms with Crippen LogP contribution in [0.2, 0.25) is 0 Å². The minimum Gasteiger partial charge on any atom is -0.481 e. The number of sulfone groups is 1. The largest absolute Gasteiger partial charge is 0.481 e. The summed E-state index contributed by atoms with van der Waals surface area (Å²) < 4.78 is 36.5. The number of benzene rings is 1. The number of hydrogen-bond acceptors (Lipinski definition) is 6. The van der Waals surface area contributed by atoms with E-state index in [9.17, 15) is 13.2 Å². The van der Waals surface area contributed by atoms with Crippen molar-refractivity contribution in [2.75, 3.05) is 29.5 Å². The third-order valence-corrected chi connectivity index (χ3v) is 8.53. The van der Waals surface area contributed by atoms with Gasteiger partial charge in [0.2, 0.25) is 0 Å². The van der Waals surface area contributed by atoms with Crippen LogP contribution in [0.3, 0.4) is 0 Å². The van der Waals surface area contributed by atoms with E-state index in [1.54, 1.807) is 11.8 Å². The van der Waals surface area contributed by atoms with Gasteiger partial charge in [-0.1, -0.05) is 12.1 Å². The lowest BCUT2D eigenvalue weighted by molar-refractivity contribution is -0.140. The molecule has 1 aromatic carbocycles. The summed E-state index contributed by atoms with van der Waals surface area (Å²) in [5.41, 5.74) is 2.08. The number of ether oxygens (including phenoxy) is 1. The van der Waals surface area contributed by atoms with Crippen molar-refractivity contribution in [3.05, 3.63) is 47.2 Å². The smallest absolute Gasteiger partial charge is 0.264 e. The van der Waals surface area contributed by atoms with Crippen molar-refractivity contribution in [2.24, 2.45) is 0 Å². The van der Waals surface area contributed by atoms with Crippen LogP contribution in [0.15, 0.2) is 34.7 Å². The van der Waals surface area contributed by atoms with E-state index in [0.29, 0.717) is 17.9 Å². The molecule has 0 spiro atoms. The van der Waals surface area contributed by atoms with Gasteiger partial charge < -0.3 is 19.0 Å². The molecule has 1 amide bonds. The van der Waals surface area contributed by atoms with Gasteiger partial charge in [-0.05, 0) is 69.7 Å². The maximum Gasteiger partial charge on any atom is 0.264 e. The van der Waals surface area contributed by atoms with Crippen molar-refractivity contribution in [1.82, 2.24) is 4.90 Å². The SMILES string of the molecule is Cc1cccc(OC(C)C(=O)N(Cc2ccc(N3CCCCC3)o2)C2CCS(=O)(=O)C2)c1C. The summed E-state index contributed by atoms with van der Waals surface area (Å²) in [5.74, 6) is 2.00. The Balaban J connectivity index is 1.52. The van der Waals surface area contributed by atoms with Crippen LogP contribution in [0, 0.1) is 13.8 Å². The van der Waals surface area contributed by atoms with Gasteiger partial charge >= 0.3 is 0 Å². The Morgan fingerprint density at radius 3 is 2.64 bits per heavy atom. The highest BCUT2D eigenvalue weighted by molar-refractivity contribution is 7.91. The number of piperidine rings is 1. The maximum absolute atomic E-state index is 13.5. The fourth-order valence-electron chi connectivity index (χ4n) is 4.64. The highest BCUT2D eigenvalue weighted by Gasteiger charge is 2.37. The van der Waals surface area contributed by atoms with Gasteiger partial charge in [0.05, 0.1) is 18.1 Å². The molecule has 0 bridgehead atoms. The minimum absolute atomic E-state index is 0.0192. The molecule has 0 aliphatic carbocycles. The van der Waals surface area contributed by atoms with Crippen molar-refractivity contribution in [3.63, 3.8) is 0 Å². The number of nitrogens with zero attached hydrogens (tertiary/aromatic N) is 2. The number of amides is 1. The maximum atomic E-state index is 13.5. The van der Waals surface area contributed by atoms with Crippen LogP contribution in [0.5, 0.6) is 5.75 Å². The molecule has 2 fully saturated rings. The zero-order chi connectivity index (χ0) is 23.6. The first-order chi connectivity index (χ1) is 15.7. The molecule has 2 atom stereocenters. The molecule has 180 valence electrons. The Labute approximate surface area is 196 Å². The molecule has 2 saturated heterocycles. The molecule has 0 radical (unpaired) electrons. The van der Waals surface area contributed by atoms with Crippen LogP contribution in [0.25, 0.3) is 0 Å². The molecule has 0 saturated carbocycles. The predicted molar refractivity (Wildman–Crippen MR) is 128 cm³/mol. The molecular formula is C25H34N2O5S. The molecular weight excluding hydrogens is 440 g/mol. The minimum atomic E-state index is -3.15. The molecule has 2 aromatic rings. The van der Waals surface area contributed by atoms with Gasteiger partial charge in [-0.3, -0.25) is 4.79 Å². The number of furan rings is 1. The molecule has 4 rings (SSSR count). The van der Waals surface area contributed by atoms with Gasteiger partial charge in [-0.15, -0.1) is 0 Å². The van der Waals surface area contributed by atoms with Crippen molar-refractivity contribution in [3.8, 4) is 5.75 Å². The van der Waals surface area contributed by atoms with Crippen molar-refractivity contribution < 1.29 is 22.4 Å². The quantitative estimate of drug-likeness (QED) is 0.606. The van der Waals surface area contributed by atoms with E-state index >= 15 is 0 Å².